The molecule has 4 heteroatoms. The average Bonchev–Trinajstić information content (AvgIpc) is 2.61. The van der Waals surface area contributed by atoms with Crippen LogP contribution in [-0.2, 0) is 19.5 Å². The molecule has 0 bridgehead atoms. The van der Waals surface area contributed by atoms with Crippen molar-refractivity contribution < 1.29 is 19.1 Å². The van der Waals surface area contributed by atoms with Gasteiger partial charge in [-0.2, -0.15) is 0 Å². The molecule has 3 rings (SSSR count). The van der Waals surface area contributed by atoms with E-state index in [2.05, 4.69) is 30.3 Å². The molecular formula is C19H24NO3+. The Balaban J connectivity index is 1.84. The minimum absolute atomic E-state index is 0.671. The Morgan fingerprint density at radius 1 is 0.870 bits per heavy atom. The zero-order chi connectivity index (χ0) is 16.2. The molecular weight excluding hydrogens is 290 g/mol. The molecule has 0 aliphatic carbocycles. The predicted octanol–water partition coefficient (Wildman–Crippen LogP) is 1.85. The molecule has 4 nitrogen and oxygen atoms in total. The molecule has 23 heavy (non-hydrogen) atoms. The van der Waals surface area contributed by atoms with E-state index in [-0.39, 0.29) is 0 Å². The summed E-state index contributed by atoms with van der Waals surface area (Å²) in [6.07, 6.45) is 1.13. The Bertz CT molecular complexity index is 684. The Labute approximate surface area is 137 Å². The molecule has 0 aromatic heterocycles. The van der Waals surface area contributed by atoms with Gasteiger partial charge in [0.25, 0.3) is 0 Å². The first-order chi connectivity index (χ1) is 11.3. The van der Waals surface area contributed by atoms with Gasteiger partial charge in [0.15, 0.2) is 11.5 Å². The van der Waals surface area contributed by atoms with Gasteiger partial charge in [0.05, 0.1) is 33.4 Å². The maximum absolute atomic E-state index is 5.60. The summed E-state index contributed by atoms with van der Waals surface area (Å²) in [4.78, 5) is 1.54. The molecule has 122 valence electrons. The summed E-state index contributed by atoms with van der Waals surface area (Å²) >= 11 is 0. The van der Waals surface area contributed by atoms with Gasteiger partial charge in [-0.05, 0) is 17.7 Å². The lowest BCUT2D eigenvalue weighted by Crippen LogP contribution is -3.10. The smallest absolute Gasteiger partial charge is 0.203 e. The highest BCUT2D eigenvalue weighted by Gasteiger charge is 2.23. The number of methoxy groups -OCH3 is 3. The lowest BCUT2D eigenvalue weighted by molar-refractivity contribution is -0.929. The molecule has 0 spiro atoms. The lowest BCUT2D eigenvalue weighted by atomic mass is 9.99. The molecule has 1 aliphatic heterocycles. The Kier molecular flexibility index (Phi) is 4.72. The first kappa shape index (κ1) is 15.7. The van der Waals surface area contributed by atoms with Crippen LogP contribution in [0.25, 0.3) is 0 Å². The van der Waals surface area contributed by atoms with Crippen LogP contribution in [0.3, 0.4) is 0 Å². The average molecular weight is 314 g/mol. The molecule has 1 heterocycles. The second-order valence-electron chi connectivity index (χ2n) is 5.87. The van der Waals surface area contributed by atoms with Crippen molar-refractivity contribution in [3.05, 3.63) is 53.1 Å². The minimum Gasteiger partial charge on any atom is -0.493 e. The van der Waals surface area contributed by atoms with Gasteiger partial charge in [-0.15, -0.1) is 0 Å². The number of rotatable bonds is 5. The lowest BCUT2D eigenvalue weighted by Gasteiger charge is -2.26. The molecule has 1 N–H and O–H groups in total. The molecule has 1 unspecified atom stereocenters. The molecule has 2 aromatic rings. The standard InChI is InChI=1S/C19H23NO3/c1-21-17-9-8-16(18(22-2)19(17)23-3)13-20-11-10-14-6-4-5-7-15(14)12-20/h4-9H,10-13H2,1-3H3/p+1. The summed E-state index contributed by atoms with van der Waals surface area (Å²) < 4.78 is 16.4. The van der Waals surface area contributed by atoms with Gasteiger partial charge in [0.2, 0.25) is 5.75 Å². The van der Waals surface area contributed by atoms with Crippen LogP contribution in [0.2, 0.25) is 0 Å². The second kappa shape index (κ2) is 6.92. The van der Waals surface area contributed by atoms with Crippen LogP contribution in [-0.4, -0.2) is 27.9 Å². The number of nitrogens with one attached hydrogen (secondary N) is 1. The fraction of sp³-hybridized carbons (Fsp3) is 0.368. The number of ether oxygens (including phenoxy) is 3. The van der Waals surface area contributed by atoms with Crippen LogP contribution in [0.4, 0.5) is 0 Å². The van der Waals surface area contributed by atoms with Crippen LogP contribution in [0.1, 0.15) is 16.7 Å². The fourth-order valence-electron chi connectivity index (χ4n) is 3.37. The summed E-state index contributed by atoms with van der Waals surface area (Å²) in [5.74, 6) is 2.15. The highest BCUT2D eigenvalue weighted by molar-refractivity contribution is 5.55. The largest absolute Gasteiger partial charge is 0.493 e. The van der Waals surface area contributed by atoms with Crippen molar-refractivity contribution >= 4 is 0 Å². The number of hydrogen-bond acceptors (Lipinski definition) is 3. The highest BCUT2D eigenvalue weighted by atomic mass is 16.5. The van der Waals surface area contributed by atoms with Crippen molar-refractivity contribution in [2.75, 3.05) is 27.9 Å². The second-order valence-corrected chi connectivity index (χ2v) is 5.87. The van der Waals surface area contributed by atoms with Gasteiger partial charge in [-0.25, -0.2) is 0 Å². The summed E-state index contributed by atoms with van der Waals surface area (Å²) in [7, 11) is 4.97. The summed E-state index contributed by atoms with van der Waals surface area (Å²) in [5.41, 5.74) is 4.09. The number of fused-ring (bicyclic) bond motifs is 1. The predicted molar refractivity (Wildman–Crippen MR) is 89.5 cm³/mol. The maximum Gasteiger partial charge on any atom is 0.203 e. The Morgan fingerprint density at radius 2 is 1.61 bits per heavy atom. The Morgan fingerprint density at radius 3 is 2.30 bits per heavy atom. The van der Waals surface area contributed by atoms with E-state index < -0.39 is 0 Å². The Hall–Kier alpha value is -2.20. The van der Waals surface area contributed by atoms with E-state index in [0.717, 1.165) is 37.4 Å². The van der Waals surface area contributed by atoms with Gasteiger partial charge >= 0.3 is 0 Å². The molecule has 1 atom stereocenters. The first-order valence-corrected chi connectivity index (χ1v) is 7.95. The van der Waals surface area contributed by atoms with Crippen molar-refractivity contribution in [1.29, 1.82) is 0 Å². The van der Waals surface area contributed by atoms with Crippen molar-refractivity contribution in [3.63, 3.8) is 0 Å². The van der Waals surface area contributed by atoms with Gasteiger partial charge in [0.1, 0.15) is 13.1 Å². The molecule has 2 aromatic carbocycles. The van der Waals surface area contributed by atoms with Crippen LogP contribution < -0.4 is 19.1 Å². The van der Waals surface area contributed by atoms with E-state index in [1.165, 1.54) is 16.0 Å². The minimum atomic E-state index is 0.671. The van der Waals surface area contributed by atoms with E-state index in [4.69, 9.17) is 14.2 Å². The van der Waals surface area contributed by atoms with Crippen molar-refractivity contribution in [2.24, 2.45) is 0 Å². The summed E-state index contributed by atoms with van der Waals surface area (Å²) in [6, 6.07) is 12.8. The topological polar surface area (TPSA) is 32.1 Å². The number of hydrogen-bond donors (Lipinski definition) is 1. The molecule has 0 saturated heterocycles. The third-order valence-corrected chi connectivity index (χ3v) is 4.53. The number of quaternary nitrogens is 1. The van der Waals surface area contributed by atoms with Crippen molar-refractivity contribution in [2.45, 2.75) is 19.5 Å². The quantitative estimate of drug-likeness (QED) is 0.914. The van der Waals surface area contributed by atoms with Gasteiger partial charge in [0, 0.05) is 12.0 Å². The van der Waals surface area contributed by atoms with E-state index in [1.807, 2.05) is 6.07 Å². The third-order valence-electron chi connectivity index (χ3n) is 4.53. The van der Waals surface area contributed by atoms with E-state index >= 15 is 0 Å². The molecule has 0 radical (unpaired) electrons. The van der Waals surface area contributed by atoms with Crippen molar-refractivity contribution in [1.82, 2.24) is 0 Å². The van der Waals surface area contributed by atoms with Crippen molar-refractivity contribution in [3.8, 4) is 17.2 Å². The molecule has 0 saturated carbocycles. The third kappa shape index (κ3) is 3.13. The van der Waals surface area contributed by atoms with Crippen LogP contribution in [0.15, 0.2) is 36.4 Å². The molecule has 1 aliphatic rings. The zero-order valence-electron chi connectivity index (χ0n) is 14.0. The molecule has 0 amide bonds. The van der Waals surface area contributed by atoms with Gasteiger partial charge < -0.3 is 19.1 Å². The maximum atomic E-state index is 5.60. The van der Waals surface area contributed by atoms with Gasteiger partial charge in [-0.3, -0.25) is 0 Å². The number of benzene rings is 2. The molecule has 0 fully saturated rings. The van der Waals surface area contributed by atoms with E-state index in [0.29, 0.717) is 11.5 Å². The van der Waals surface area contributed by atoms with Gasteiger partial charge in [-0.1, -0.05) is 24.3 Å². The van der Waals surface area contributed by atoms with Crippen LogP contribution in [0, 0.1) is 0 Å². The summed E-state index contributed by atoms with van der Waals surface area (Å²) in [5, 5.41) is 0. The first-order valence-electron chi connectivity index (χ1n) is 7.95. The van der Waals surface area contributed by atoms with Crippen LogP contribution >= 0.6 is 0 Å². The zero-order valence-corrected chi connectivity index (χ0v) is 14.0. The van der Waals surface area contributed by atoms with Crippen LogP contribution in [0.5, 0.6) is 17.2 Å². The van der Waals surface area contributed by atoms with E-state index in [9.17, 15) is 0 Å². The van der Waals surface area contributed by atoms with E-state index in [1.54, 1.807) is 21.3 Å². The normalized spacial score (nSPS) is 16.6. The highest BCUT2D eigenvalue weighted by Crippen LogP contribution is 2.39. The monoisotopic (exact) mass is 314 g/mol. The summed E-state index contributed by atoms with van der Waals surface area (Å²) in [6.45, 7) is 3.10. The SMILES string of the molecule is COc1ccc(C[NH+]2CCc3ccccc3C2)c(OC)c1OC. The fourth-order valence-corrected chi connectivity index (χ4v) is 3.37.